The number of nitrogens with two attached hydrogens (primary N) is 1. The average molecular weight is 290 g/mol. The van der Waals surface area contributed by atoms with E-state index in [0.29, 0.717) is 13.0 Å². The van der Waals surface area contributed by atoms with Gasteiger partial charge in [-0.25, -0.2) is 4.79 Å². The maximum absolute atomic E-state index is 11.8. The zero-order chi connectivity index (χ0) is 15.9. The van der Waals surface area contributed by atoms with Crippen LogP contribution < -0.4 is 11.1 Å². The van der Waals surface area contributed by atoms with Crippen molar-refractivity contribution in [1.82, 2.24) is 5.32 Å². The fourth-order valence-electron chi connectivity index (χ4n) is 1.95. The molecule has 1 aromatic rings. The van der Waals surface area contributed by atoms with Gasteiger partial charge in [0.25, 0.3) is 0 Å². The molecule has 21 heavy (non-hydrogen) atoms. The van der Waals surface area contributed by atoms with E-state index in [1.54, 1.807) is 0 Å². The summed E-state index contributed by atoms with van der Waals surface area (Å²) in [4.78, 5) is 11.8. The van der Waals surface area contributed by atoms with Crippen molar-refractivity contribution in [2.75, 3.05) is 6.54 Å². The molecule has 116 valence electrons. The van der Waals surface area contributed by atoms with Crippen LogP contribution in [0.15, 0.2) is 35.9 Å². The summed E-state index contributed by atoms with van der Waals surface area (Å²) < 4.78 is 5.24. The van der Waals surface area contributed by atoms with Gasteiger partial charge in [0.05, 0.1) is 0 Å². The molecule has 0 aliphatic rings. The molecule has 3 N–H and O–H groups in total. The fraction of sp³-hybridized carbons (Fsp3) is 0.471. The third-order valence-electron chi connectivity index (χ3n) is 2.79. The van der Waals surface area contributed by atoms with Crippen molar-refractivity contribution in [3.63, 3.8) is 0 Å². The van der Waals surface area contributed by atoms with Crippen molar-refractivity contribution < 1.29 is 9.53 Å². The number of amides is 1. The van der Waals surface area contributed by atoms with Gasteiger partial charge in [-0.2, -0.15) is 0 Å². The maximum Gasteiger partial charge on any atom is 0.407 e. The highest BCUT2D eigenvalue weighted by atomic mass is 16.6. The zero-order valence-corrected chi connectivity index (χ0v) is 13.3. The number of carbonyl (C=O) groups excluding carboxylic acids is 1. The van der Waals surface area contributed by atoms with Crippen LogP contribution in [0.5, 0.6) is 0 Å². The molecule has 0 heterocycles. The molecule has 0 aromatic heterocycles. The molecular formula is C17H26N2O2. The van der Waals surface area contributed by atoms with Gasteiger partial charge in [0.15, 0.2) is 0 Å². The Morgan fingerprint density at radius 3 is 2.48 bits per heavy atom. The summed E-state index contributed by atoms with van der Waals surface area (Å²) in [6.45, 7) is 7.92. The van der Waals surface area contributed by atoms with Crippen LogP contribution in [0.2, 0.25) is 0 Å². The average Bonchev–Trinajstić information content (AvgIpc) is 2.36. The van der Waals surface area contributed by atoms with Crippen molar-refractivity contribution in [2.45, 2.75) is 45.8 Å². The second-order valence-corrected chi connectivity index (χ2v) is 6.18. The maximum atomic E-state index is 11.8. The molecule has 1 aromatic carbocycles. The van der Waals surface area contributed by atoms with E-state index in [9.17, 15) is 4.79 Å². The van der Waals surface area contributed by atoms with Crippen molar-refractivity contribution >= 4 is 12.2 Å². The highest BCUT2D eigenvalue weighted by Gasteiger charge is 2.18. The molecule has 1 amide bonds. The first-order chi connectivity index (χ1) is 9.80. The van der Waals surface area contributed by atoms with Crippen molar-refractivity contribution in [3.05, 3.63) is 41.5 Å². The fourth-order valence-corrected chi connectivity index (χ4v) is 1.95. The van der Waals surface area contributed by atoms with Crippen LogP contribution in [0.1, 0.15) is 39.7 Å². The number of benzene rings is 1. The van der Waals surface area contributed by atoms with Crippen LogP contribution in [-0.4, -0.2) is 24.3 Å². The van der Waals surface area contributed by atoms with Gasteiger partial charge in [-0.05, 0) is 39.7 Å². The summed E-state index contributed by atoms with van der Waals surface area (Å²) in [6, 6.07) is 9.95. The minimum Gasteiger partial charge on any atom is -0.444 e. The number of nitrogens with one attached hydrogen (secondary N) is 1. The molecule has 0 bridgehead atoms. The summed E-state index contributed by atoms with van der Waals surface area (Å²) in [5.41, 5.74) is 7.53. The van der Waals surface area contributed by atoms with Crippen LogP contribution in [0, 0.1) is 0 Å². The number of hydrogen-bond donors (Lipinski definition) is 2. The summed E-state index contributed by atoms with van der Waals surface area (Å²) >= 11 is 0. The molecule has 1 atom stereocenters. The molecule has 0 aliphatic heterocycles. The Hall–Kier alpha value is -1.81. The van der Waals surface area contributed by atoms with Gasteiger partial charge in [0, 0.05) is 12.6 Å². The van der Waals surface area contributed by atoms with E-state index in [-0.39, 0.29) is 6.04 Å². The lowest BCUT2D eigenvalue weighted by Crippen LogP contribution is -2.43. The normalized spacial score (nSPS) is 13.7. The molecule has 1 rings (SSSR count). The first kappa shape index (κ1) is 17.2. The van der Waals surface area contributed by atoms with E-state index < -0.39 is 11.7 Å². The van der Waals surface area contributed by atoms with Crippen LogP contribution in [0.25, 0.3) is 6.08 Å². The van der Waals surface area contributed by atoms with E-state index in [1.165, 1.54) is 0 Å². The monoisotopic (exact) mass is 290 g/mol. The number of hydrogen-bond acceptors (Lipinski definition) is 3. The number of alkyl carbamates (subject to hydrolysis) is 1. The number of rotatable bonds is 5. The van der Waals surface area contributed by atoms with Crippen LogP contribution >= 0.6 is 0 Å². The molecule has 4 heteroatoms. The first-order valence-electron chi connectivity index (χ1n) is 7.22. The molecule has 1 unspecified atom stereocenters. The van der Waals surface area contributed by atoms with E-state index in [2.05, 4.69) is 11.4 Å². The highest BCUT2D eigenvalue weighted by Crippen LogP contribution is 2.12. The molecule has 0 spiro atoms. The molecule has 0 fully saturated rings. The predicted molar refractivity (Wildman–Crippen MR) is 86.9 cm³/mol. The van der Waals surface area contributed by atoms with Gasteiger partial charge in [-0.15, -0.1) is 0 Å². The quantitative estimate of drug-likeness (QED) is 0.874. The topological polar surface area (TPSA) is 64.3 Å². The summed E-state index contributed by atoms with van der Waals surface area (Å²) in [6.07, 6.45) is 2.37. The van der Waals surface area contributed by atoms with Gasteiger partial charge in [0.2, 0.25) is 0 Å². The van der Waals surface area contributed by atoms with Crippen LogP contribution in [-0.2, 0) is 4.74 Å². The smallest absolute Gasteiger partial charge is 0.407 e. The van der Waals surface area contributed by atoms with E-state index >= 15 is 0 Å². The lowest BCUT2D eigenvalue weighted by atomic mass is 10.0. The Labute approximate surface area is 127 Å². The van der Waals surface area contributed by atoms with Crippen molar-refractivity contribution in [1.29, 1.82) is 0 Å². The minimum atomic E-state index is -0.502. The lowest BCUT2D eigenvalue weighted by molar-refractivity contribution is 0.0506. The van der Waals surface area contributed by atoms with E-state index in [1.807, 2.05) is 58.0 Å². The van der Waals surface area contributed by atoms with Gasteiger partial charge in [-0.3, -0.25) is 0 Å². The second-order valence-electron chi connectivity index (χ2n) is 6.18. The van der Waals surface area contributed by atoms with E-state index in [0.717, 1.165) is 11.1 Å². The summed E-state index contributed by atoms with van der Waals surface area (Å²) in [5, 5.41) is 2.81. The molecule has 0 saturated heterocycles. The van der Waals surface area contributed by atoms with Gasteiger partial charge < -0.3 is 15.8 Å². The summed E-state index contributed by atoms with van der Waals surface area (Å²) in [5.74, 6) is 0. The highest BCUT2D eigenvalue weighted by molar-refractivity contribution is 5.68. The molecule has 0 radical (unpaired) electrons. The lowest BCUT2D eigenvalue weighted by Gasteiger charge is -2.23. The second kappa shape index (κ2) is 7.84. The van der Waals surface area contributed by atoms with Gasteiger partial charge in [0.1, 0.15) is 5.60 Å². The number of carbonyl (C=O) groups is 1. The largest absolute Gasteiger partial charge is 0.444 e. The minimum absolute atomic E-state index is 0.125. The molecule has 4 nitrogen and oxygen atoms in total. The number of ether oxygens (including phenoxy) is 1. The van der Waals surface area contributed by atoms with Gasteiger partial charge in [-0.1, -0.05) is 42.0 Å². The standard InChI is InChI=1S/C17H26N2O2/c1-13(10-14-8-6-5-7-9-14)11-15(12-18)19-16(20)21-17(2,3)4/h5-10,15H,11-12,18H2,1-4H3,(H,19,20)/b13-10+. The Kier molecular flexibility index (Phi) is 6.43. The first-order valence-corrected chi connectivity index (χ1v) is 7.22. The van der Waals surface area contributed by atoms with Crippen LogP contribution in [0.3, 0.4) is 0 Å². The molecule has 0 saturated carbocycles. The van der Waals surface area contributed by atoms with Crippen molar-refractivity contribution in [3.8, 4) is 0 Å². The van der Waals surface area contributed by atoms with Crippen molar-refractivity contribution in [2.24, 2.45) is 5.73 Å². The third-order valence-corrected chi connectivity index (χ3v) is 2.79. The summed E-state index contributed by atoms with van der Waals surface area (Å²) in [7, 11) is 0. The Bertz CT molecular complexity index is 475. The van der Waals surface area contributed by atoms with Gasteiger partial charge >= 0.3 is 6.09 Å². The zero-order valence-electron chi connectivity index (χ0n) is 13.3. The van der Waals surface area contributed by atoms with Crippen LogP contribution in [0.4, 0.5) is 4.79 Å². The predicted octanol–water partition coefficient (Wildman–Crippen LogP) is 3.33. The third kappa shape index (κ3) is 7.51. The van der Waals surface area contributed by atoms with E-state index in [4.69, 9.17) is 10.5 Å². The Morgan fingerprint density at radius 2 is 1.95 bits per heavy atom. The molecular weight excluding hydrogens is 264 g/mol. The Morgan fingerprint density at radius 1 is 1.33 bits per heavy atom. The Balaban J connectivity index is 2.57. The SMILES string of the molecule is C/C(=C\c1ccccc1)CC(CN)NC(=O)OC(C)(C)C. The molecule has 0 aliphatic carbocycles.